The summed E-state index contributed by atoms with van der Waals surface area (Å²) in [6.45, 7) is 0. The maximum Gasteiger partial charge on any atom is 0.258 e. The van der Waals surface area contributed by atoms with Crippen molar-refractivity contribution in [3.8, 4) is 22.9 Å². The fourth-order valence-electron chi connectivity index (χ4n) is 1.75. The number of rotatable bonds is 1. The fraction of sp³-hybridized carbons (Fsp3) is 0. The van der Waals surface area contributed by atoms with E-state index in [1.54, 1.807) is 0 Å². The van der Waals surface area contributed by atoms with Crippen LogP contribution in [0.1, 0.15) is 0 Å². The third kappa shape index (κ3) is 1.75. The molecule has 8 heteroatoms. The van der Waals surface area contributed by atoms with Crippen molar-refractivity contribution >= 4 is 17.4 Å². The minimum Gasteiger partial charge on any atom is -0.493 e. The Morgan fingerprint density at radius 3 is 2.84 bits per heavy atom. The average molecular weight is 281 g/mol. The molecule has 3 rings (SSSR count). The molecule has 0 aliphatic rings. The van der Waals surface area contributed by atoms with E-state index in [4.69, 9.17) is 11.6 Å². The van der Waals surface area contributed by atoms with E-state index in [-0.39, 0.29) is 21.9 Å². The molecule has 3 aromatic rings. The Labute approximate surface area is 110 Å². The number of hydrogen-bond acceptors (Lipinski definition) is 5. The summed E-state index contributed by atoms with van der Waals surface area (Å²) in [5.41, 5.74) is 0.00377. The molecule has 6 nitrogen and oxygen atoms in total. The quantitative estimate of drug-likeness (QED) is 0.712. The highest BCUT2D eigenvalue weighted by atomic mass is 35.5. The third-order valence-electron chi connectivity index (χ3n) is 2.58. The molecule has 2 aromatic heterocycles. The second-order valence-electron chi connectivity index (χ2n) is 3.73. The molecule has 96 valence electrons. The lowest BCUT2D eigenvalue weighted by atomic mass is 10.1. The summed E-state index contributed by atoms with van der Waals surface area (Å²) in [7, 11) is 0. The maximum absolute atomic E-state index is 13.3. The van der Waals surface area contributed by atoms with Gasteiger partial charge in [-0.1, -0.05) is 11.6 Å². The smallest absolute Gasteiger partial charge is 0.258 e. The number of fused-ring (bicyclic) bond motifs is 1. The van der Waals surface area contributed by atoms with E-state index in [1.807, 2.05) is 0 Å². The van der Waals surface area contributed by atoms with Gasteiger partial charge in [-0.05, 0) is 18.2 Å². The minimum atomic E-state index is -0.558. The first kappa shape index (κ1) is 11.7. The van der Waals surface area contributed by atoms with Gasteiger partial charge in [0, 0.05) is 10.6 Å². The lowest BCUT2D eigenvalue weighted by Crippen LogP contribution is -1.96. The Morgan fingerprint density at radius 1 is 1.26 bits per heavy atom. The number of nitrogens with zero attached hydrogens (tertiary/aromatic N) is 4. The molecule has 0 radical (unpaired) electrons. The van der Waals surface area contributed by atoms with Gasteiger partial charge in [0.1, 0.15) is 17.7 Å². The van der Waals surface area contributed by atoms with E-state index < -0.39 is 17.6 Å². The number of hydrogen-bond donors (Lipinski definition) is 2. The predicted octanol–water partition coefficient (Wildman–Crippen LogP) is 2.00. The Hall–Kier alpha value is -2.41. The summed E-state index contributed by atoms with van der Waals surface area (Å²) >= 11 is 5.94. The van der Waals surface area contributed by atoms with Crippen molar-refractivity contribution in [2.24, 2.45) is 0 Å². The first-order valence-electron chi connectivity index (χ1n) is 5.15. The Kier molecular flexibility index (Phi) is 2.49. The van der Waals surface area contributed by atoms with Crippen molar-refractivity contribution in [2.45, 2.75) is 0 Å². The zero-order valence-electron chi connectivity index (χ0n) is 9.25. The van der Waals surface area contributed by atoms with Crippen LogP contribution in [0.3, 0.4) is 0 Å². The van der Waals surface area contributed by atoms with Crippen LogP contribution in [0, 0.1) is 5.82 Å². The molecule has 19 heavy (non-hydrogen) atoms. The van der Waals surface area contributed by atoms with Gasteiger partial charge in [-0.2, -0.15) is 19.6 Å². The Morgan fingerprint density at radius 2 is 2.05 bits per heavy atom. The van der Waals surface area contributed by atoms with Gasteiger partial charge in [-0.3, -0.25) is 0 Å². The van der Waals surface area contributed by atoms with Crippen LogP contribution in [0.15, 0.2) is 24.5 Å². The van der Waals surface area contributed by atoms with Gasteiger partial charge in [0.25, 0.3) is 5.78 Å². The average Bonchev–Trinajstić information content (AvgIpc) is 2.82. The fourth-order valence-corrected chi connectivity index (χ4v) is 1.96. The van der Waals surface area contributed by atoms with Gasteiger partial charge in [-0.25, -0.2) is 4.39 Å². The summed E-state index contributed by atoms with van der Waals surface area (Å²) in [4.78, 5) is 7.48. The van der Waals surface area contributed by atoms with E-state index in [9.17, 15) is 14.6 Å². The topological polar surface area (TPSA) is 83.5 Å². The van der Waals surface area contributed by atoms with E-state index in [0.29, 0.717) is 0 Å². The van der Waals surface area contributed by atoms with Crippen LogP contribution in [0.4, 0.5) is 4.39 Å². The van der Waals surface area contributed by atoms with Gasteiger partial charge >= 0.3 is 0 Å². The van der Waals surface area contributed by atoms with Crippen molar-refractivity contribution in [1.29, 1.82) is 0 Å². The molecule has 0 amide bonds. The van der Waals surface area contributed by atoms with E-state index in [2.05, 4.69) is 15.1 Å². The molecule has 1 aromatic carbocycles. The maximum atomic E-state index is 13.3. The molecule has 0 fully saturated rings. The predicted molar refractivity (Wildman–Crippen MR) is 64.5 cm³/mol. The lowest BCUT2D eigenvalue weighted by Gasteiger charge is -2.09. The molecule has 0 aliphatic carbocycles. The van der Waals surface area contributed by atoms with E-state index >= 15 is 0 Å². The summed E-state index contributed by atoms with van der Waals surface area (Å²) in [5, 5.41) is 23.8. The summed E-state index contributed by atoms with van der Waals surface area (Å²) < 4.78 is 14.3. The molecule has 0 atom stereocenters. The van der Waals surface area contributed by atoms with Crippen LogP contribution >= 0.6 is 11.6 Å². The summed E-state index contributed by atoms with van der Waals surface area (Å²) in [6, 6.07) is 3.57. The molecular weight excluding hydrogens is 275 g/mol. The molecule has 0 bridgehead atoms. The Balaban J connectivity index is 2.38. The molecule has 0 saturated heterocycles. The highest BCUT2D eigenvalue weighted by Gasteiger charge is 2.20. The second-order valence-corrected chi connectivity index (χ2v) is 4.14. The van der Waals surface area contributed by atoms with Crippen molar-refractivity contribution in [1.82, 2.24) is 19.6 Å². The first-order valence-corrected chi connectivity index (χ1v) is 5.53. The van der Waals surface area contributed by atoms with E-state index in [1.165, 1.54) is 18.5 Å². The van der Waals surface area contributed by atoms with Crippen molar-refractivity contribution in [3.05, 3.63) is 35.4 Å². The van der Waals surface area contributed by atoms with Crippen LogP contribution in [-0.2, 0) is 0 Å². The minimum absolute atomic E-state index is 0.0197. The van der Waals surface area contributed by atoms with E-state index in [0.717, 1.165) is 10.6 Å². The van der Waals surface area contributed by atoms with Gasteiger partial charge in [0.2, 0.25) is 11.8 Å². The van der Waals surface area contributed by atoms with Gasteiger partial charge < -0.3 is 10.2 Å². The Bertz CT molecular complexity index is 790. The SMILES string of the molecule is Oc1nc2ncnn2c(O)c1-c1cc(F)ccc1Cl. The molecule has 0 saturated carbocycles. The number of benzene rings is 1. The zero-order valence-corrected chi connectivity index (χ0v) is 10.0. The number of aromatic nitrogens is 4. The van der Waals surface area contributed by atoms with Crippen LogP contribution in [0.2, 0.25) is 5.02 Å². The molecule has 0 unspecified atom stereocenters. The molecule has 0 spiro atoms. The lowest BCUT2D eigenvalue weighted by molar-refractivity contribution is 0.416. The molecule has 2 N–H and O–H groups in total. The first-order chi connectivity index (χ1) is 9.08. The van der Waals surface area contributed by atoms with Gasteiger partial charge in [0.05, 0.1) is 0 Å². The van der Waals surface area contributed by atoms with Crippen LogP contribution in [0.5, 0.6) is 11.8 Å². The van der Waals surface area contributed by atoms with Crippen molar-refractivity contribution in [3.63, 3.8) is 0 Å². The van der Waals surface area contributed by atoms with Gasteiger partial charge in [-0.15, -0.1) is 0 Å². The van der Waals surface area contributed by atoms with Crippen molar-refractivity contribution < 1.29 is 14.6 Å². The molecule has 0 aliphatic heterocycles. The second kappa shape index (κ2) is 4.06. The van der Waals surface area contributed by atoms with Gasteiger partial charge in [0.15, 0.2) is 0 Å². The highest BCUT2D eigenvalue weighted by Crippen LogP contribution is 2.39. The highest BCUT2D eigenvalue weighted by molar-refractivity contribution is 6.33. The molecule has 2 heterocycles. The van der Waals surface area contributed by atoms with Crippen LogP contribution in [-0.4, -0.2) is 29.8 Å². The number of aromatic hydroxyl groups is 2. The third-order valence-corrected chi connectivity index (χ3v) is 2.91. The normalized spacial score (nSPS) is 11.1. The monoisotopic (exact) mass is 280 g/mol. The number of halogens is 2. The largest absolute Gasteiger partial charge is 0.493 e. The van der Waals surface area contributed by atoms with Crippen LogP contribution in [0.25, 0.3) is 16.9 Å². The van der Waals surface area contributed by atoms with Crippen molar-refractivity contribution in [2.75, 3.05) is 0 Å². The summed E-state index contributed by atoms with van der Waals surface area (Å²) in [5.74, 6) is -1.47. The standard InChI is InChI=1S/C11H6ClFN4O2/c12-7-2-1-5(13)3-6(7)8-9(18)16-11-14-4-15-17(11)10(8)19/h1-4,19H,(H,14,15,16,18). The molecular formula is C11H6ClFN4O2. The zero-order chi connectivity index (χ0) is 13.6. The summed E-state index contributed by atoms with van der Waals surface area (Å²) in [6.07, 6.45) is 1.17. The van der Waals surface area contributed by atoms with Crippen LogP contribution < -0.4 is 0 Å².